The first kappa shape index (κ1) is 29.0. The number of ether oxygens (including phenoxy) is 1. The summed E-state index contributed by atoms with van der Waals surface area (Å²) in [4.78, 5) is 64.3. The number of nitrogens with one attached hydrogen (secondary N) is 4. The van der Waals surface area contributed by atoms with Crippen molar-refractivity contribution < 1.29 is 28.7 Å². The van der Waals surface area contributed by atoms with Crippen LogP contribution in [0.1, 0.15) is 47.0 Å². The van der Waals surface area contributed by atoms with E-state index in [2.05, 4.69) is 21.3 Å². The minimum Gasteiger partial charge on any atom is -0.456 e. The highest BCUT2D eigenvalue weighted by atomic mass is 33.1. The summed E-state index contributed by atoms with van der Waals surface area (Å²) in [5, 5.41) is 10.7. The van der Waals surface area contributed by atoms with Gasteiger partial charge in [0, 0.05) is 11.5 Å². The Kier molecular flexibility index (Phi) is 11.9. The third-order valence-electron chi connectivity index (χ3n) is 5.35. The lowest BCUT2D eigenvalue weighted by Gasteiger charge is -2.27. The molecular weight excluding hydrogens is 492 g/mol. The van der Waals surface area contributed by atoms with Crippen molar-refractivity contribution >= 4 is 51.2 Å². The number of hydrogen-bond donors (Lipinski definition) is 4. The quantitative estimate of drug-likeness (QED) is 0.241. The summed E-state index contributed by atoms with van der Waals surface area (Å²) in [5.74, 6) is -1.83. The van der Waals surface area contributed by atoms with Crippen LogP contribution in [0.4, 0.5) is 0 Å². The Bertz CT molecular complexity index is 820. The molecule has 4 atom stereocenters. The molecule has 4 amide bonds. The van der Waals surface area contributed by atoms with Crippen molar-refractivity contribution in [3.8, 4) is 0 Å². The molecule has 0 aromatic heterocycles. The number of carbonyl (C=O) groups is 5. The fourth-order valence-electron chi connectivity index (χ4n) is 3.55. The molecule has 2 aliphatic heterocycles. The lowest BCUT2D eigenvalue weighted by Crippen LogP contribution is -2.59. The van der Waals surface area contributed by atoms with Crippen LogP contribution in [0.25, 0.3) is 0 Å². The number of carbonyl (C=O) groups excluding carboxylic acids is 5. The van der Waals surface area contributed by atoms with Crippen LogP contribution in [0.15, 0.2) is 12.2 Å². The summed E-state index contributed by atoms with van der Waals surface area (Å²) >= 11 is 0. The molecule has 0 radical (unpaired) electrons. The van der Waals surface area contributed by atoms with Gasteiger partial charge in [0.1, 0.15) is 30.8 Å². The third-order valence-corrected chi connectivity index (χ3v) is 7.80. The van der Waals surface area contributed by atoms with Crippen molar-refractivity contribution in [1.82, 2.24) is 21.3 Å². The highest BCUT2D eigenvalue weighted by molar-refractivity contribution is 8.76. The average Bonchev–Trinajstić information content (AvgIpc) is 2.77. The molecule has 1 unspecified atom stereocenters. The predicted octanol–water partition coefficient (Wildman–Crippen LogP) is 0.916. The van der Waals surface area contributed by atoms with Gasteiger partial charge >= 0.3 is 5.97 Å². The van der Waals surface area contributed by atoms with Gasteiger partial charge in [0.15, 0.2) is 0 Å². The highest BCUT2D eigenvalue weighted by Crippen LogP contribution is 2.24. The first-order chi connectivity index (χ1) is 16.6. The molecule has 35 heavy (non-hydrogen) atoms. The van der Waals surface area contributed by atoms with Gasteiger partial charge < -0.3 is 26.0 Å². The zero-order chi connectivity index (χ0) is 26.0. The zero-order valence-corrected chi connectivity index (χ0v) is 22.3. The molecule has 0 saturated carbocycles. The molecule has 0 aromatic rings. The summed E-state index contributed by atoms with van der Waals surface area (Å²) in [6, 6.07) is -2.68. The first-order valence-electron chi connectivity index (χ1n) is 11.8. The second-order valence-electron chi connectivity index (χ2n) is 9.31. The van der Waals surface area contributed by atoms with Crippen molar-refractivity contribution in [3.63, 3.8) is 0 Å². The summed E-state index contributed by atoms with van der Waals surface area (Å²) < 4.78 is 5.44. The number of allylic oxidation sites excluding steroid dienone is 1. The monoisotopic (exact) mass is 528 g/mol. The molecule has 4 N–H and O–H groups in total. The van der Waals surface area contributed by atoms with Crippen LogP contribution in [0.2, 0.25) is 0 Å². The molecule has 196 valence electrons. The first-order valence-corrected chi connectivity index (χ1v) is 14.3. The Morgan fingerprint density at radius 2 is 1.71 bits per heavy atom. The molecule has 1 saturated heterocycles. The normalized spacial score (nSPS) is 28.9. The maximum atomic E-state index is 13.2. The van der Waals surface area contributed by atoms with E-state index in [9.17, 15) is 24.0 Å². The number of rotatable bonds is 3. The van der Waals surface area contributed by atoms with E-state index in [1.165, 1.54) is 10.8 Å². The molecular formula is C23H36N4O6S2. The van der Waals surface area contributed by atoms with Crippen LogP contribution >= 0.6 is 21.6 Å². The van der Waals surface area contributed by atoms with Crippen LogP contribution in [0.3, 0.4) is 0 Å². The lowest BCUT2D eigenvalue weighted by molar-refractivity contribution is -0.148. The molecule has 2 bridgehead atoms. The van der Waals surface area contributed by atoms with Crippen molar-refractivity contribution in [3.05, 3.63) is 12.2 Å². The third kappa shape index (κ3) is 10.1. The Balaban J connectivity index is 2.45. The molecule has 2 aliphatic rings. The minimum atomic E-state index is -0.910. The van der Waals surface area contributed by atoms with Crippen LogP contribution in [0.5, 0.6) is 0 Å². The maximum Gasteiger partial charge on any atom is 0.326 e. The summed E-state index contributed by atoms with van der Waals surface area (Å²) in [6.45, 7) is 7.02. The second kappa shape index (κ2) is 14.4. The Hall–Kier alpha value is -2.21. The molecule has 0 aliphatic carbocycles. The van der Waals surface area contributed by atoms with Crippen molar-refractivity contribution in [2.75, 3.05) is 18.1 Å². The van der Waals surface area contributed by atoms with Gasteiger partial charge in [-0.05, 0) is 30.8 Å². The van der Waals surface area contributed by atoms with E-state index >= 15 is 0 Å². The number of fused-ring (bicyclic) bond motifs is 7. The van der Waals surface area contributed by atoms with Gasteiger partial charge in [-0.2, -0.15) is 0 Å². The topological polar surface area (TPSA) is 143 Å². The largest absolute Gasteiger partial charge is 0.456 e. The molecule has 1 fully saturated rings. The second-order valence-corrected chi connectivity index (χ2v) is 11.9. The van der Waals surface area contributed by atoms with Gasteiger partial charge in [0.2, 0.25) is 23.6 Å². The van der Waals surface area contributed by atoms with E-state index in [-0.39, 0.29) is 24.0 Å². The van der Waals surface area contributed by atoms with Gasteiger partial charge in [-0.15, -0.1) is 0 Å². The number of hydrogen-bond acceptors (Lipinski definition) is 8. The van der Waals surface area contributed by atoms with E-state index in [1.807, 2.05) is 19.9 Å². The molecule has 12 heteroatoms. The summed E-state index contributed by atoms with van der Waals surface area (Å²) in [6.07, 6.45) is 3.49. The summed E-state index contributed by atoms with van der Waals surface area (Å²) in [5.41, 5.74) is 0. The van der Waals surface area contributed by atoms with Crippen molar-refractivity contribution in [2.45, 2.75) is 71.2 Å². The highest BCUT2D eigenvalue weighted by Gasteiger charge is 2.32. The van der Waals surface area contributed by atoms with Crippen LogP contribution in [0, 0.1) is 11.8 Å². The predicted molar refractivity (Wildman–Crippen MR) is 136 cm³/mol. The average molecular weight is 529 g/mol. The fourth-order valence-corrected chi connectivity index (χ4v) is 5.71. The van der Waals surface area contributed by atoms with E-state index in [1.54, 1.807) is 30.7 Å². The van der Waals surface area contributed by atoms with Crippen molar-refractivity contribution in [1.29, 1.82) is 0 Å². The summed E-state index contributed by atoms with van der Waals surface area (Å²) in [7, 11) is 2.98. The van der Waals surface area contributed by atoms with E-state index in [0.29, 0.717) is 12.8 Å². The SMILES string of the molecule is CC(C)C[C@@H]1NC(=O)[C@H]2CSSCC/C=C/[C@H](CC(=O)NC(C(C)C)C(=O)N2)OC(=O)CNC1=O. The van der Waals surface area contributed by atoms with Crippen LogP contribution in [-0.4, -0.2) is 71.9 Å². The Morgan fingerprint density at radius 3 is 2.40 bits per heavy atom. The fraction of sp³-hybridized carbons (Fsp3) is 0.696. The maximum absolute atomic E-state index is 13.2. The van der Waals surface area contributed by atoms with Gasteiger partial charge in [0.25, 0.3) is 0 Å². The van der Waals surface area contributed by atoms with Crippen molar-refractivity contribution in [2.24, 2.45) is 11.8 Å². The Morgan fingerprint density at radius 1 is 0.971 bits per heavy atom. The number of amides is 4. The van der Waals surface area contributed by atoms with E-state index in [4.69, 9.17) is 4.74 Å². The van der Waals surface area contributed by atoms with E-state index < -0.39 is 60.4 Å². The number of esters is 1. The molecule has 2 heterocycles. The molecule has 0 aromatic carbocycles. The van der Waals surface area contributed by atoms with Gasteiger partial charge in [-0.25, -0.2) is 0 Å². The smallest absolute Gasteiger partial charge is 0.326 e. The van der Waals surface area contributed by atoms with Crippen LogP contribution in [-0.2, 0) is 28.7 Å². The lowest BCUT2D eigenvalue weighted by atomic mass is 10.0. The van der Waals surface area contributed by atoms with E-state index in [0.717, 1.165) is 5.75 Å². The zero-order valence-electron chi connectivity index (χ0n) is 20.6. The minimum absolute atomic E-state index is 0.0886. The molecule has 10 nitrogen and oxygen atoms in total. The van der Waals surface area contributed by atoms with Gasteiger partial charge in [-0.1, -0.05) is 55.4 Å². The van der Waals surface area contributed by atoms with Gasteiger partial charge in [-0.3, -0.25) is 24.0 Å². The van der Waals surface area contributed by atoms with Gasteiger partial charge in [0.05, 0.1) is 6.42 Å². The standard InChI is InChI=1S/C23H36N4O6S2/c1-13(2)9-16-21(30)24-11-19(29)33-15-7-5-6-8-34-35-12-17(22(31)25-16)26-23(32)20(14(3)4)27-18(28)10-15/h5,7,13-17,20H,6,8-12H2,1-4H3,(H,24,30)(H,25,31)(H,26,32)(H,27,28)/b7-5+/t15-,16+,17-,20?/m1/s1. The van der Waals surface area contributed by atoms with Crippen LogP contribution < -0.4 is 21.3 Å². The molecule has 0 spiro atoms. The Labute approximate surface area is 214 Å². The molecule has 2 rings (SSSR count).